The molecular formula is C18H23N5O. The molecule has 0 radical (unpaired) electrons. The Morgan fingerprint density at radius 2 is 1.96 bits per heavy atom. The van der Waals surface area contributed by atoms with Crippen LogP contribution in [0.25, 0.3) is 0 Å². The minimum absolute atomic E-state index is 0.154. The van der Waals surface area contributed by atoms with E-state index in [0.29, 0.717) is 17.3 Å². The lowest BCUT2D eigenvalue weighted by molar-refractivity contribution is 0.183. The van der Waals surface area contributed by atoms with Gasteiger partial charge in [0, 0.05) is 33.1 Å². The summed E-state index contributed by atoms with van der Waals surface area (Å²) < 4.78 is 5.58. The lowest BCUT2D eigenvalue weighted by Gasteiger charge is -2.25. The van der Waals surface area contributed by atoms with Crippen molar-refractivity contribution in [2.75, 3.05) is 26.2 Å². The van der Waals surface area contributed by atoms with Gasteiger partial charge in [0.05, 0.1) is 17.7 Å². The second-order valence-electron chi connectivity index (χ2n) is 6.31. The summed E-state index contributed by atoms with van der Waals surface area (Å²) in [5.74, 6) is 1.32. The highest BCUT2D eigenvalue weighted by atomic mass is 16.4. The topological polar surface area (TPSA) is 69.2 Å². The van der Waals surface area contributed by atoms with E-state index in [0.717, 1.165) is 39.1 Å². The van der Waals surface area contributed by atoms with Crippen molar-refractivity contribution in [1.82, 2.24) is 20.0 Å². The van der Waals surface area contributed by atoms with Gasteiger partial charge in [-0.1, -0.05) is 12.1 Å². The Balaban J connectivity index is 1.57. The van der Waals surface area contributed by atoms with Crippen LogP contribution < -0.4 is 0 Å². The van der Waals surface area contributed by atoms with Crippen LogP contribution in [0, 0.1) is 18.3 Å². The summed E-state index contributed by atoms with van der Waals surface area (Å²) in [7, 11) is 0. The standard InChI is InChI=1S/C18H23N5O/c1-14(18-21-20-15(2)24-18)23-9-3-8-22(10-11-23)13-17-6-4-16(12-19)5-7-17/h4-7,14H,3,8-11,13H2,1-2H3/t14-/m1/s1. The van der Waals surface area contributed by atoms with E-state index in [9.17, 15) is 0 Å². The average Bonchev–Trinajstić information content (AvgIpc) is 2.90. The van der Waals surface area contributed by atoms with Gasteiger partial charge in [0.2, 0.25) is 11.8 Å². The van der Waals surface area contributed by atoms with E-state index in [-0.39, 0.29) is 6.04 Å². The van der Waals surface area contributed by atoms with Crippen LogP contribution in [-0.4, -0.2) is 46.2 Å². The number of hydrogen-bond donors (Lipinski definition) is 0. The number of nitriles is 1. The molecule has 6 heteroatoms. The average molecular weight is 325 g/mol. The van der Waals surface area contributed by atoms with Gasteiger partial charge in [-0.25, -0.2) is 0 Å². The van der Waals surface area contributed by atoms with Crippen LogP contribution in [0.4, 0.5) is 0 Å². The minimum Gasteiger partial charge on any atom is -0.424 e. The number of benzene rings is 1. The zero-order valence-electron chi connectivity index (χ0n) is 14.3. The van der Waals surface area contributed by atoms with Crippen LogP contribution in [0.5, 0.6) is 0 Å². The summed E-state index contributed by atoms with van der Waals surface area (Å²) in [5.41, 5.74) is 1.97. The number of hydrogen-bond acceptors (Lipinski definition) is 6. The first kappa shape index (κ1) is 16.6. The molecule has 2 aromatic rings. The summed E-state index contributed by atoms with van der Waals surface area (Å²) in [4.78, 5) is 4.87. The molecular weight excluding hydrogens is 302 g/mol. The minimum atomic E-state index is 0.154. The molecule has 1 aliphatic heterocycles. The van der Waals surface area contributed by atoms with Crippen molar-refractivity contribution in [2.24, 2.45) is 0 Å². The fraction of sp³-hybridized carbons (Fsp3) is 0.500. The molecule has 1 aromatic heterocycles. The zero-order valence-corrected chi connectivity index (χ0v) is 14.3. The van der Waals surface area contributed by atoms with Gasteiger partial charge in [0.15, 0.2) is 0 Å². The summed E-state index contributed by atoms with van der Waals surface area (Å²) in [6.07, 6.45) is 1.12. The number of aryl methyl sites for hydroxylation is 1. The monoisotopic (exact) mass is 325 g/mol. The van der Waals surface area contributed by atoms with Gasteiger partial charge < -0.3 is 4.42 Å². The molecule has 0 aliphatic carbocycles. The Hall–Kier alpha value is -2.23. The van der Waals surface area contributed by atoms with E-state index >= 15 is 0 Å². The van der Waals surface area contributed by atoms with Gasteiger partial charge in [0.1, 0.15) is 0 Å². The van der Waals surface area contributed by atoms with Crippen LogP contribution in [0.2, 0.25) is 0 Å². The molecule has 6 nitrogen and oxygen atoms in total. The third kappa shape index (κ3) is 3.99. The zero-order chi connectivity index (χ0) is 16.9. The Kier molecular flexibility index (Phi) is 5.24. The summed E-state index contributed by atoms with van der Waals surface area (Å²) in [6, 6.07) is 10.2. The van der Waals surface area contributed by atoms with Crippen molar-refractivity contribution >= 4 is 0 Å². The third-order valence-electron chi connectivity index (χ3n) is 4.56. The quantitative estimate of drug-likeness (QED) is 0.860. The molecule has 0 amide bonds. The highest BCUT2D eigenvalue weighted by Gasteiger charge is 2.23. The van der Waals surface area contributed by atoms with Gasteiger partial charge in [-0.15, -0.1) is 10.2 Å². The first-order chi connectivity index (χ1) is 11.7. The van der Waals surface area contributed by atoms with Crippen molar-refractivity contribution in [2.45, 2.75) is 32.9 Å². The van der Waals surface area contributed by atoms with Crippen LogP contribution in [0.15, 0.2) is 28.7 Å². The van der Waals surface area contributed by atoms with Gasteiger partial charge in [-0.3, -0.25) is 9.80 Å². The Bertz CT molecular complexity index is 703. The van der Waals surface area contributed by atoms with E-state index in [1.807, 2.05) is 31.2 Å². The molecule has 0 spiro atoms. The molecule has 1 aromatic carbocycles. The molecule has 0 saturated carbocycles. The van der Waals surface area contributed by atoms with E-state index in [2.05, 4.69) is 33.0 Å². The number of aromatic nitrogens is 2. The summed E-state index contributed by atoms with van der Waals surface area (Å²) in [5, 5.41) is 17.0. The molecule has 1 saturated heterocycles. The third-order valence-corrected chi connectivity index (χ3v) is 4.56. The number of nitrogens with zero attached hydrogens (tertiary/aromatic N) is 5. The molecule has 1 fully saturated rings. The predicted molar refractivity (Wildman–Crippen MR) is 90.1 cm³/mol. The molecule has 2 heterocycles. The summed E-state index contributed by atoms with van der Waals surface area (Å²) in [6.45, 7) is 8.98. The largest absolute Gasteiger partial charge is 0.424 e. The van der Waals surface area contributed by atoms with Crippen molar-refractivity contribution < 1.29 is 4.42 Å². The Morgan fingerprint density at radius 3 is 2.62 bits per heavy atom. The van der Waals surface area contributed by atoms with Crippen molar-refractivity contribution in [3.05, 3.63) is 47.2 Å². The van der Waals surface area contributed by atoms with Gasteiger partial charge >= 0.3 is 0 Å². The van der Waals surface area contributed by atoms with Gasteiger partial charge in [-0.2, -0.15) is 5.26 Å². The molecule has 126 valence electrons. The Labute approximate surface area is 142 Å². The molecule has 0 unspecified atom stereocenters. The van der Waals surface area contributed by atoms with Crippen molar-refractivity contribution in [3.63, 3.8) is 0 Å². The van der Waals surface area contributed by atoms with Crippen molar-refractivity contribution in [3.8, 4) is 6.07 Å². The van der Waals surface area contributed by atoms with Crippen LogP contribution in [0.3, 0.4) is 0 Å². The SMILES string of the molecule is Cc1nnc([C@@H](C)N2CCCN(Cc3ccc(C#N)cc3)CC2)o1. The van der Waals surface area contributed by atoms with Crippen molar-refractivity contribution in [1.29, 1.82) is 5.26 Å². The Morgan fingerprint density at radius 1 is 1.17 bits per heavy atom. The molecule has 0 N–H and O–H groups in total. The highest BCUT2D eigenvalue weighted by Crippen LogP contribution is 2.21. The van der Waals surface area contributed by atoms with E-state index < -0.39 is 0 Å². The molecule has 1 atom stereocenters. The normalized spacial score (nSPS) is 18.0. The smallest absolute Gasteiger partial charge is 0.233 e. The van der Waals surface area contributed by atoms with Gasteiger partial charge in [-0.05, 0) is 37.6 Å². The van der Waals surface area contributed by atoms with Crippen LogP contribution >= 0.6 is 0 Å². The molecule has 1 aliphatic rings. The molecule has 0 bridgehead atoms. The lowest BCUT2D eigenvalue weighted by atomic mass is 10.1. The second-order valence-corrected chi connectivity index (χ2v) is 6.31. The maximum atomic E-state index is 8.88. The number of rotatable bonds is 4. The van der Waals surface area contributed by atoms with E-state index in [4.69, 9.17) is 9.68 Å². The predicted octanol–water partition coefficient (Wildman–Crippen LogP) is 2.52. The first-order valence-electron chi connectivity index (χ1n) is 8.41. The molecule has 3 rings (SSSR count). The fourth-order valence-electron chi connectivity index (χ4n) is 3.12. The van der Waals surface area contributed by atoms with E-state index in [1.165, 1.54) is 5.56 Å². The van der Waals surface area contributed by atoms with Crippen LogP contribution in [0.1, 0.15) is 42.3 Å². The maximum Gasteiger partial charge on any atom is 0.233 e. The fourth-order valence-corrected chi connectivity index (χ4v) is 3.12. The summed E-state index contributed by atoms with van der Waals surface area (Å²) >= 11 is 0. The van der Waals surface area contributed by atoms with E-state index in [1.54, 1.807) is 0 Å². The first-order valence-corrected chi connectivity index (χ1v) is 8.41. The highest BCUT2D eigenvalue weighted by molar-refractivity contribution is 5.31. The van der Waals surface area contributed by atoms with Crippen LogP contribution in [-0.2, 0) is 6.54 Å². The maximum absolute atomic E-state index is 8.88. The van der Waals surface area contributed by atoms with Gasteiger partial charge in [0.25, 0.3) is 0 Å². The molecule has 24 heavy (non-hydrogen) atoms. The second kappa shape index (κ2) is 7.56. The lowest BCUT2D eigenvalue weighted by Crippen LogP contribution is -2.32.